The van der Waals surface area contributed by atoms with Gasteiger partial charge in [-0.3, -0.25) is 0 Å². The van der Waals surface area contributed by atoms with E-state index in [-0.39, 0.29) is 0 Å². The smallest absolute Gasteiger partial charge is 0.407 e. The molecule has 1 amide bonds. The van der Waals surface area contributed by atoms with E-state index in [1.165, 1.54) is 22.4 Å². The summed E-state index contributed by atoms with van der Waals surface area (Å²) >= 11 is 0. The molecule has 5 aromatic rings. The van der Waals surface area contributed by atoms with Crippen LogP contribution in [-0.2, 0) is 6.42 Å². The normalized spacial score (nSPS) is 13.9. The molecule has 1 fully saturated rings. The van der Waals surface area contributed by atoms with Gasteiger partial charge in [-0.05, 0) is 54.3 Å². The van der Waals surface area contributed by atoms with Crippen molar-refractivity contribution in [3.8, 4) is 0 Å². The number of carboxylic acid groups (broad SMARTS) is 1. The SMILES string of the molecule is Cc1cc(Nc2ncnc3cnc(N4CCN(C(=O)O)CC4)nc23)ccc1Cc1ccn2ncnc2c1. The molecule has 12 nitrogen and oxygen atoms in total. The van der Waals surface area contributed by atoms with Crippen LogP contribution in [0, 0.1) is 6.92 Å². The van der Waals surface area contributed by atoms with Crippen LogP contribution in [0.15, 0.2) is 55.4 Å². The molecule has 1 saturated heterocycles. The largest absolute Gasteiger partial charge is 0.465 e. The summed E-state index contributed by atoms with van der Waals surface area (Å²) in [5.74, 6) is 1.12. The molecule has 2 N–H and O–H groups in total. The predicted octanol–water partition coefficient (Wildman–Crippen LogP) is 2.91. The molecule has 0 unspecified atom stereocenters. The number of carbonyl (C=O) groups is 1. The zero-order valence-electron chi connectivity index (χ0n) is 20.1. The van der Waals surface area contributed by atoms with Gasteiger partial charge in [0.2, 0.25) is 5.95 Å². The number of piperazine rings is 1. The van der Waals surface area contributed by atoms with Crippen molar-refractivity contribution in [1.82, 2.24) is 39.4 Å². The zero-order valence-corrected chi connectivity index (χ0v) is 20.1. The first-order chi connectivity index (χ1) is 18.0. The van der Waals surface area contributed by atoms with Crippen molar-refractivity contribution in [1.29, 1.82) is 0 Å². The Kier molecular flexibility index (Phi) is 5.68. The number of aryl methyl sites for hydroxylation is 1. The molecule has 1 aliphatic heterocycles. The zero-order chi connectivity index (χ0) is 25.4. The highest BCUT2D eigenvalue weighted by Gasteiger charge is 2.22. The van der Waals surface area contributed by atoms with Gasteiger partial charge in [-0.1, -0.05) is 6.07 Å². The molecule has 5 heterocycles. The topological polar surface area (TPSA) is 138 Å². The molecular weight excluding hydrogens is 472 g/mol. The lowest BCUT2D eigenvalue weighted by atomic mass is 10.0. The Hall–Kier alpha value is -4.87. The Morgan fingerprint density at radius 3 is 2.70 bits per heavy atom. The van der Waals surface area contributed by atoms with E-state index in [4.69, 9.17) is 4.98 Å². The van der Waals surface area contributed by atoms with Gasteiger partial charge in [0, 0.05) is 38.1 Å². The lowest BCUT2D eigenvalue weighted by molar-refractivity contribution is 0.142. The highest BCUT2D eigenvalue weighted by Crippen LogP contribution is 2.25. The summed E-state index contributed by atoms with van der Waals surface area (Å²) in [6.07, 6.45) is 6.52. The molecule has 37 heavy (non-hydrogen) atoms. The van der Waals surface area contributed by atoms with Crippen molar-refractivity contribution in [2.24, 2.45) is 0 Å². The molecule has 0 radical (unpaired) electrons. The van der Waals surface area contributed by atoms with Crippen LogP contribution in [0.4, 0.5) is 22.2 Å². The third-order valence-corrected chi connectivity index (χ3v) is 6.54. The molecule has 1 aromatic carbocycles. The van der Waals surface area contributed by atoms with E-state index >= 15 is 0 Å². The van der Waals surface area contributed by atoms with Gasteiger partial charge in [-0.2, -0.15) is 5.10 Å². The number of nitrogens with zero attached hydrogens (tertiary/aromatic N) is 9. The number of anilines is 3. The van der Waals surface area contributed by atoms with Gasteiger partial charge in [0.1, 0.15) is 23.7 Å². The average molecular weight is 497 g/mol. The highest BCUT2D eigenvalue weighted by molar-refractivity contribution is 5.87. The number of rotatable bonds is 5. The summed E-state index contributed by atoms with van der Waals surface area (Å²) in [7, 11) is 0. The lowest BCUT2D eigenvalue weighted by Gasteiger charge is -2.33. The first-order valence-electron chi connectivity index (χ1n) is 11.9. The van der Waals surface area contributed by atoms with Crippen LogP contribution in [0.5, 0.6) is 0 Å². The van der Waals surface area contributed by atoms with E-state index < -0.39 is 6.09 Å². The maximum atomic E-state index is 11.2. The maximum absolute atomic E-state index is 11.2. The lowest BCUT2D eigenvalue weighted by Crippen LogP contribution is -2.48. The Morgan fingerprint density at radius 1 is 1.03 bits per heavy atom. The van der Waals surface area contributed by atoms with E-state index in [9.17, 15) is 9.90 Å². The van der Waals surface area contributed by atoms with Gasteiger partial charge in [-0.15, -0.1) is 0 Å². The number of fused-ring (bicyclic) bond motifs is 2. The van der Waals surface area contributed by atoms with Crippen molar-refractivity contribution in [2.45, 2.75) is 13.3 Å². The van der Waals surface area contributed by atoms with Crippen molar-refractivity contribution in [3.05, 3.63) is 72.1 Å². The maximum Gasteiger partial charge on any atom is 0.407 e. The molecule has 4 aromatic heterocycles. The summed E-state index contributed by atoms with van der Waals surface area (Å²) in [5.41, 5.74) is 6.49. The number of amides is 1. The van der Waals surface area contributed by atoms with Crippen LogP contribution < -0.4 is 10.2 Å². The number of hydrogen-bond donors (Lipinski definition) is 2. The molecular formula is C25H24N10O2. The summed E-state index contributed by atoms with van der Waals surface area (Å²) in [4.78, 5) is 36.8. The van der Waals surface area contributed by atoms with E-state index in [0.717, 1.165) is 23.3 Å². The van der Waals surface area contributed by atoms with Crippen molar-refractivity contribution in [3.63, 3.8) is 0 Å². The third-order valence-electron chi connectivity index (χ3n) is 6.54. The van der Waals surface area contributed by atoms with Gasteiger partial charge in [0.05, 0.1) is 6.20 Å². The molecule has 1 aliphatic rings. The van der Waals surface area contributed by atoms with Gasteiger partial charge < -0.3 is 20.2 Å². The second-order valence-corrected chi connectivity index (χ2v) is 8.92. The summed E-state index contributed by atoms with van der Waals surface area (Å²) in [6.45, 7) is 3.96. The molecule has 0 spiro atoms. The molecule has 12 heteroatoms. The van der Waals surface area contributed by atoms with Gasteiger partial charge in [0.25, 0.3) is 0 Å². The third kappa shape index (κ3) is 4.56. The molecule has 186 valence electrons. The standard InChI is InChI=1S/C25H24N10O2/c1-16-10-19(3-2-18(16)11-17-4-5-35-21(12-17)28-15-30-35)31-23-22-20(27-14-29-23)13-26-24(32-22)33-6-8-34(9-7-33)25(36)37/h2-5,10,12-15H,6-9,11H2,1H3,(H,36,37)(H,27,29,31). The number of aromatic nitrogens is 7. The predicted molar refractivity (Wildman–Crippen MR) is 137 cm³/mol. The average Bonchev–Trinajstić information content (AvgIpc) is 3.38. The number of pyridine rings is 1. The van der Waals surface area contributed by atoms with E-state index in [1.54, 1.807) is 17.0 Å². The van der Waals surface area contributed by atoms with Crippen LogP contribution in [0.2, 0.25) is 0 Å². The molecule has 0 saturated carbocycles. The monoisotopic (exact) mass is 496 g/mol. The summed E-state index contributed by atoms with van der Waals surface area (Å²) < 4.78 is 1.75. The Labute approximate surface area is 211 Å². The van der Waals surface area contributed by atoms with Crippen LogP contribution in [0.1, 0.15) is 16.7 Å². The molecule has 0 aliphatic carbocycles. The van der Waals surface area contributed by atoms with Crippen molar-refractivity contribution >= 4 is 40.2 Å². The van der Waals surface area contributed by atoms with Crippen molar-refractivity contribution < 1.29 is 9.90 Å². The fraction of sp³-hybridized carbons (Fsp3) is 0.240. The van der Waals surface area contributed by atoms with Crippen LogP contribution >= 0.6 is 0 Å². The second-order valence-electron chi connectivity index (χ2n) is 8.92. The molecule has 0 bridgehead atoms. The fourth-order valence-corrected chi connectivity index (χ4v) is 4.48. The highest BCUT2D eigenvalue weighted by atomic mass is 16.4. The minimum Gasteiger partial charge on any atom is -0.465 e. The molecule has 0 atom stereocenters. The minimum atomic E-state index is -0.906. The summed E-state index contributed by atoms with van der Waals surface area (Å²) in [5, 5.41) is 16.7. The Bertz CT molecular complexity index is 1610. The van der Waals surface area contributed by atoms with Gasteiger partial charge in [-0.25, -0.2) is 34.2 Å². The first-order valence-corrected chi connectivity index (χ1v) is 11.9. The molecule has 6 rings (SSSR count). The van der Waals surface area contributed by atoms with Crippen LogP contribution in [0.25, 0.3) is 16.7 Å². The van der Waals surface area contributed by atoms with E-state index in [2.05, 4.69) is 55.5 Å². The summed E-state index contributed by atoms with van der Waals surface area (Å²) in [6, 6.07) is 10.3. The minimum absolute atomic E-state index is 0.408. The van der Waals surface area contributed by atoms with Gasteiger partial charge >= 0.3 is 6.09 Å². The number of benzene rings is 1. The van der Waals surface area contributed by atoms with Gasteiger partial charge in [0.15, 0.2) is 11.5 Å². The van der Waals surface area contributed by atoms with Crippen LogP contribution in [-0.4, -0.2) is 76.8 Å². The van der Waals surface area contributed by atoms with Crippen LogP contribution in [0.3, 0.4) is 0 Å². The Morgan fingerprint density at radius 2 is 1.89 bits per heavy atom. The fourth-order valence-electron chi connectivity index (χ4n) is 4.48. The Balaban J connectivity index is 1.22. The van der Waals surface area contributed by atoms with E-state index in [1.807, 2.05) is 23.2 Å². The second kappa shape index (κ2) is 9.30. The van der Waals surface area contributed by atoms with Crippen molar-refractivity contribution in [2.75, 3.05) is 36.4 Å². The number of nitrogens with one attached hydrogen (secondary N) is 1. The first kappa shape index (κ1) is 22.6. The van der Waals surface area contributed by atoms with E-state index in [0.29, 0.717) is 49.0 Å². The quantitative estimate of drug-likeness (QED) is 0.373. The number of hydrogen-bond acceptors (Lipinski definition) is 9.